The van der Waals surface area contributed by atoms with Gasteiger partial charge >= 0.3 is 6.09 Å². The number of carbonyl (C=O) groups excluding carboxylic acids is 1. The maximum absolute atomic E-state index is 12.0. The number of halogens is 1. The molecule has 1 aromatic heterocycles. The van der Waals surface area contributed by atoms with Gasteiger partial charge in [0.05, 0.1) is 25.8 Å². The number of amides is 1. The van der Waals surface area contributed by atoms with Gasteiger partial charge in [-0.1, -0.05) is 0 Å². The molecule has 1 aliphatic heterocycles. The molecule has 1 amide bonds. The Labute approximate surface area is 169 Å². The molecule has 3 rings (SSSR count). The van der Waals surface area contributed by atoms with Gasteiger partial charge in [0.1, 0.15) is 11.4 Å². The Hall–Kier alpha value is -2.48. The fourth-order valence-corrected chi connectivity index (χ4v) is 3.37. The van der Waals surface area contributed by atoms with Gasteiger partial charge in [0.25, 0.3) is 0 Å². The fraction of sp³-hybridized carbons (Fsp3) is 0.526. The maximum atomic E-state index is 12.0. The molecule has 9 heteroatoms. The first-order valence-corrected chi connectivity index (χ1v) is 9.41. The highest BCUT2D eigenvalue weighted by Crippen LogP contribution is 2.36. The van der Waals surface area contributed by atoms with E-state index in [1.54, 1.807) is 20.3 Å². The number of benzene rings is 1. The van der Waals surface area contributed by atoms with E-state index in [9.17, 15) is 4.79 Å². The van der Waals surface area contributed by atoms with Gasteiger partial charge in [-0.25, -0.2) is 9.78 Å². The smallest absolute Gasteiger partial charge is 0.407 e. The van der Waals surface area contributed by atoms with Gasteiger partial charge in [0, 0.05) is 24.5 Å². The molecular weight excluding hydrogens is 384 g/mol. The molecule has 0 spiro atoms. The summed E-state index contributed by atoms with van der Waals surface area (Å²) in [5, 5.41) is 3.87. The van der Waals surface area contributed by atoms with E-state index < -0.39 is 11.7 Å². The fourth-order valence-electron chi connectivity index (χ4n) is 3.20. The molecule has 0 unspecified atom stereocenters. The van der Waals surface area contributed by atoms with E-state index in [2.05, 4.69) is 20.2 Å². The summed E-state index contributed by atoms with van der Waals surface area (Å²) in [5.41, 5.74) is 0.130. The number of rotatable bonds is 4. The number of carbonyl (C=O) groups is 1. The van der Waals surface area contributed by atoms with Gasteiger partial charge < -0.3 is 24.4 Å². The predicted molar refractivity (Wildman–Crippen MR) is 108 cm³/mol. The van der Waals surface area contributed by atoms with Crippen LogP contribution in [0.4, 0.5) is 10.6 Å². The number of aromatic nitrogens is 2. The highest BCUT2D eigenvalue weighted by molar-refractivity contribution is 6.28. The van der Waals surface area contributed by atoms with Crippen molar-refractivity contribution in [3.63, 3.8) is 0 Å². The van der Waals surface area contributed by atoms with Gasteiger partial charge in [0.2, 0.25) is 5.28 Å². The standard InChI is InChI=1S/C19H25ClN4O4/c1-19(2,3)28-18(25)21-11-6-7-24(10-11)16-12-8-14(26-4)15(27-5)9-13(12)22-17(20)23-16/h8-9,11H,6-7,10H2,1-5H3,(H,21,25)/t11-/m0/s1. The first kappa shape index (κ1) is 20.3. The van der Waals surface area contributed by atoms with E-state index in [0.29, 0.717) is 29.4 Å². The molecule has 0 radical (unpaired) electrons. The number of alkyl carbamates (subject to hydrolysis) is 1. The van der Waals surface area contributed by atoms with Crippen molar-refractivity contribution in [1.82, 2.24) is 15.3 Å². The van der Waals surface area contributed by atoms with Crippen molar-refractivity contribution >= 4 is 34.4 Å². The number of ether oxygens (including phenoxy) is 3. The maximum Gasteiger partial charge on any atom is 0.407 e. The molecule has 2 aromatic rings. The number of methoxy groups -OCH3 is 2. The predicted octanol–water partition coefficient (Wildman–Crippen LogP) is 3.40. The minimum absolute atomic E-state index is 0.0428. The first-order chi connectivity index (χ1) is 13.2. The lowest BCUT2D eigenvalue weighted by atomic mass is 10.2. The zero-order valence-electron chi connectivity index (χ0n) is 16.7. The molecule has 0 bridgehead atoms. The molecule has 1 N–H and O–H groups in total. The van der Waals surface area contributed by atoms with Crippen LogP contribution in [0.25, 0.3) is 10.9 Å². The van der Waals surface area contributed by atoms with E-state index in [-0.39, 0.29) is 11.3 Å². The molecular formula is C19H25ClN4O4. The minimum Gasteiger partial charge on any atom is -0.493 e. The van der Waals surface area contributed by atoms with Crippen LogP contribution in [0.5, 0.6) is 11.5 Å². The van der Waals surface area contributed by atoms with E-state index >= 15 is 0 Å². The summed E-state index contributed by atoms with van der Waals surface area (Å²) in [5.74, 6) is 1.86. The second-order valence-electron chi connectivity index (χ2n) is 7.62. The van der Waals surface area contributed by atoms with Crippen LogP contribution in [0.3, 0.4) is 0 Å². The second-order valence-corrected chi connectivity index (χ2v) is 7.96. The van der Waals surface area contributed by atoms with Crippen molar-refractivity contribution < 1.29 is 19.0 Å². The number of hydrogen-bond acceptors (Lipinski definition) is 7. The molecule has 1 aliphatic rings. The highest BCUT2D eigenvalue weighted by atomic mass is 35.5. The Morgan fingerprint density at radius 1 is 1.21 bits per heavy atom. The zero-order chi connectivity index (χ0) is 20.5. The van der Waals surface area contributed by atoms with E-state index in [0.717, 1.165) is 18.4 Å². The summed E-state index contributed by atoms with van der Waals surface area (Å²) < 4.78 is 16.1. The van der Waals surface area contributed by atoms with Gasteiger partial charge in [-0.3, -0.25) is 0 Å². The first-order valence-electron chi connectivity index (χ1n) is 9.04. The second kappa shape index (κ2) is 7.87. The average molecular weight is 409 g/mol. The van der Waals surface area contributed by atoms with Crippen LogP contribution in [-0.2, 0) is 4.74 Å². The van der Waals surface area contributed by atoms with E-state index in [1.165, 1.54) is 0 Å². The summed E-state index contributed by atoms with van der Waals surface area (Å²) in [7, 11) is 3.15. The summed E-state index contributed by atoms with van der Waals surface area (Å²) in [4.78, 5) is 22.9. The third-order valence-corrected chi connectivity index (χ3v) is 4.53. The number of nitrogens with one attached hydrogen (secondary N) is 1. The zero-order valence-corrected chi connectivity index (χ0v) is 17.5. The Morgan fingerprint density at radius 3 is 2.54 bits per heavy atom. The monoisotopic (exact) mass is 408 g/mol. The van der Waals surface area contributed by atoms with Crippen LogP contribution in [0.1, 0.15) is 27.2 Å². The van der Waals surface area contributed by atoms with Gasteiger partial charge in [-0.05, 0) is 44.9 Å². The van der Waals surface area contributed by atoms with Crippen molar-refractivity contribution in [3.8, 4) is 11.5 Å². The van der Waals surface area contributed by atoms with Gasteiger partial charge in [-0.2, -0.15) is 4.98 Å². The third kappa shape index (κ3) is 4.49. The molecule has 1 aromatic carbocycles. The summed E-state index contributed by atoms with van der Waals surface area (Å²) in [6, 6.07) is 3.57. The third-order valence-electron chi connectivity index (χ3n) is 4.36. The van der Waals surface area contributed by atoms with Gasteiger partial charge in [0.15, 0.2) is 11.5 Å². The Bertz CT molecular complexity index is 884. The summed E-state index contributed by atoms with van der Waals surface area (Å²) in [6.45, 7) is 6.83. The lowest BCUT2D eigenvalue weighted by molar-refractivity contribution is 0.0509. The lowest BCUT2D eigenvalue weighted by Crippen LogP contribution is -2.40. The average Bonchev–Trinajstić information content (AvgIpc) is 3.06. The van der Waals surface area contributed by atoms with Gasteiger partial charge in [-0.15, -0.1) is 0 Å². The normalized spacial score (nSPS) is 16.9. The van der Waals surface area contributed by atoms with Crippen molar-refractivity contribution in [3.05, 3.63) is 17.4 Å². The molecule has 8 nitrogen and oxygen atoms in total. The molecule has 28 heavy (non-hydrogen) atoms. The largest absolute Gasteiger partial charge is 0.493 e. The number of fused-ring (bicyclic) bond motifs is 1. The number of nitrogens with zero attached hydrogens (tertiary/aromatic N) is 3. The molecule has 152 valence electrons. The molecule has 1 atom stereocenters. The molecule has 1 fully saturated rings. The van der Waals surface area contributed by atoms with Crippen LogP contribution in [0, 0.1) is 0 Å². The Balaban J connectivity index is 1.85. The topological polar surface area (TPSA) is 85.8 Å². The SMILES string of the molecule is COc1cc2nc(Cl)nc(N3CC[C@H](NC(=O)OC(C)(C)C)C3)c2cc1OC. The van der Waals surface area contributed by atoms with Crippen LogP contribution in [0.15, 0.2) is 12.1 Å². The van der Waals surface area contributed by atoms with Crippen LogP contribution < -0.4 is 19.7 Å². The van der Waals surface area contributed by atoms with E-state index in [4.69, 9.17) is 25.8 Å². The lowest BCUT2D eigenvalue weighted by Gasteiger charge is -2.23. The van der Waals surface area contributed by atoms with Crippen molar-refractivity contribution in [2.75, 3.05) is 32.2 Å². The number of hydrogen-bond donors (Lipinski definition) is 1. The van der Waals surface area contributed by atoms with Crippen molar-refractivity contribution in [2.45, 2.75) is 38.8 Å². The quantitative estimate of drug-likeness (QED) is 0.776. The Kier molecular flexibility index (Phi) is 5.69. The van der Waals surface area contributed by atoms with Crippen LogP contribution in [-0.4, -0.2) is 55.0 Å². The van der Waals surface area contributed by atoms with E-state index in [1.807, 2.05) is 26.8 Å². The molecule has 0 aliphatic carbocycles. The highest BCUT2D eigenvalue weighted by Gasteiger charge is 2.28. The summed E-state index contributed by atoms with van der Waals surface area (Å²) in [6.07, 6.45) is 0.353. The Morgan fingerprint density at radius 2 is 1.89 bits per heavy atom. The van der Waals surface area contributed by atoms with Crippen molar-refractivity contribution in [2.24, 2.45) is 0 Å². The molecule has 2 heterocycles. The minimum atomic E-state index is -0.533. The number of anilines is 1. The summed E-state index contributed by atoms with van der Waals surface area (Å²) >= 11 is 6.15. The molecule has 0 saturated carbocycles. The van der Waals surface area contributed by atoms with Crippen molar-refractivity contribution in [1.29, 1.82) is 0 Å². The van der Waals surface area contributed by atoms with Crippen LogP contribution in [0.2, 0.25) is 5.28 Å². The molecule has 1 saturated heterocycles. The van der Waals surface area contributed by atoms with Crippen LogP contribution >= 0.6 is 11.6 Å².